The van der Waals surface area contributed by atoms with Gasteiger partial charge in [0.25, 0.3) is 0 Å². The number of nitrogens with zero attached hydrogens (tertiary/aromatic N) is 3. The third-order valence-electron chi connectivity index (χ3n) is 1.04. The van der Waals surface area contributed by atoms with Crippen molar-refractivity contribution in [3.63, 3.8) is 0 Å². The van der Waals surface area contributed by atoms with Gasteiger partial charge in [-0.2, -0.15) is 0 Å². The van der Waals surface area contributed by atoms with Gasteiger partial charge < -0.3 is 4.90 Å². The normalized spacial score (nSPS) is 11.8. The molecule has 0 fully saturated rings. The average Bonchev–Trinajstić information content (AvgIpc) is 2.30. The Balaban J connectivity index is 2.92. The predicted molar refractivity (Wildman–Crippen MR) is 53.5 cm³/mol. The van der Waals surface area contributed by atoms with E-state index in [0.29, 0.717) is 5.01 Å². The average molecular weight is 247 g/mol. The van der Waals surface area contributed by atoms with Gasteiger partial charge in [-0.15, -0.1) is 10.2 Å². The van der Waals surface area contributed by atoms with Gasteiger partial charge >= 0.3 is 0 Å². The standard InChI is InChI=1S/C5H6Cl3N3S/c1-11(2)4-10-9-3(12-4)5(6,7)8/h1-2H3. The summed E-state index contributed by atoms with van der Waals surface area (Å²) < 4.78 is -1.47. The van der Waals surface area contributed by atoms with Crippen molar-refractivity contribution in [3.8, 4) is 0 Å². The zero-order valence-electron chi connectivity index (χ0n) is 6.38. The summed E-state index contributed by atoms with van der Waals surface area (Å²) in [5, 5.41) is 8.67. The first-order chi connectivity index (χ1) is 5.41. The van der Waals surface area contributed by atoms with Crippen LogP contribution in [0.1, 0.15) is 5.01 Å². The lowest BCUT2D eigenvalue weighted by Gasteiger charge is -2.05. The molecule has 1 rings (SSSR count). The predicted octanol–water partition coefficient (Wildman–Crippen LogP) is 2.43. The van der Waals surface area contributed by atoms with Crippen molar-refractivity contribution in [2.75, 3.05) is 19.0 Å². The van der Waals surface area contributed by atoms with Gasteiger partial charge in [0.05, 0.1) is 0 Å². The minimum atomic E-state index is -1.47. The summed E-state index contributed by atoms with van der Waals surface area (Å²) in [4.78, 5) is 1.80. The van der Waals surface area contributed by atoms with Crippen LogP contribution in [0.5, 0.6) is 0 Å². The van der Waals surface area contributed by atoms with Crippen LogP contribution in [-0.2, 0) is 3.79 Å². The van der Waals surface area contributed by atoms with Crippen LogP contribution in [0, 0.1) is 0 Å². The summed E-state index contributed by atoms with van der Waals surface area (Å²) in [5.41, 5.74) is 0. The molecule has 12 heavy (non-hydrogen) atoms. The van der Waals surface area contributed by atoms with E-state index in [2.05, 4.69) is 10.2 Å². The Bertz CT molecular complexity index is 267. The molecule has 0 atom stereocenters. The zero-order valence-corrected chi connectivity index (χ0v) is 9.47. The molecule has 0 aromatic carbocycles. The van der Waals surface area contributed by atoms with Crippen molar-refractivity contribution in [2.24, 2.45) is 0 Å². The van der Waals surface area contributed by atoms with E-state index in [4.69, 9.17) is 34.8 Å². The number of alkyl halides is 3. The van der Waals surface area contributed by atoms with Crippen molar-refractivity contribution in [2.45, 2.75) is 3.79 Å². The highest BCUT2D eigenvalue weighted by molar-refractivity contribution is 7.16. The van der Waals surface area contributed by atoms with Crippen molar-refractivity contribution in [1.82, 2.24) is 10.2 Å². The lowest BCUT2D eigenvalue weighted by Crippen LogP contribution is -2.07. The zero-order chi connectivity index (χ0) is 9.35. The second-order valence-corrected chi connectivity index (χ2v) is 5.52. The van der Waals surface area contributed by atoms with Gasteiger partial charge in [0.15, 0.2) is 5.01 Å². The third kappa shape index (κ3) is 2.36. The molecule has 68 valence electrons. The topological polar surface area (TPSA) is 29.0 Å². The maximum Gasteiger partial charge on any atom is 0.244 e. The second-order valence-electron chi connectivity index (χ2n) is 2.28. The summed E-state index contributed by atoms with van der Waals surface area (Å²) in [6, 6.07) is 0. The quantitative estimate of drug-likeness (QED) is 0.713. The van der Waals surface area contributed by atoms with E-state index in [0.717, 1.165) is 5.13 Å². The fourth-order valence-electron chi connectivity index (χ4n) is 0.511. The SMILES string of the molecule is CN(C)c1nnc(C(Cl)(Cl)Cl)s1. The van der Waals surface area contributed by atoms with E-state index < -0.39 is 3.79 Å². The lowest BCUT2D eigenvalue weighted by molar-refractivity contribution is 0.973. The van der Waals surface area contributed by atoms with Gasteiger partial charge in [-0.1, -0.05) is 46.1 Å². The highest BCUT2D eigenvalue weighted by atomic mass is 35.6. The maximum absolute atomic E-state index is 5.60. The Labute approximate surface area is 89.2 Å². The highest BCUT2D eigenvalue weighted by Crippen LogP contribution is 2.40. The van der Waals surface area contributed by atoms with Crippen molar-refractivity contribution >= 4 is 51.3 Å². The number of rotatable bonds is 1. The molecule has 0 radical (unpaired) electrons. The van der Waals surface area contributed by atoms with E-state index in [1.165, 1.54) is 11.3 Å². The molecule has 0 spiro atoms. The van der Waals surface area contributed by atoms with Gasteiger partial charge in [0.1, 0.15) is 0 Å². The largest absolute Gasteiger partial charge is 0.353 e. The molecule has 0 aliphatic rings. The van der Waals surface area contributed by atoms with Crippen LogP contribution >= 0.6 is 46.1 Å². The van der Waals surface area contributed by atoms with Gasteiger partial charge in [-0.25, -0.2) is 0 Å². The van der Waals surface area contributed by atoms with Gasteiger partial charge in [0.2, 0.25) is 8.92 Å². The van der Waals surface area contributed by atoms with E-state index in [9.17, 15) is 0 Å². The van der Waals surface area contributed by atoms with Crippen LogP contribution in [0.3, 0.4) is 0 Å². The Morgan fingerprint density at radius 3 is 2.08 bits per heavy atom. The Morgan fingerprint density at radius 2 is 1.83 bits per heavy atom. The maximum atomic E-state index is 5.60. The van der Waals surface area contributed by atoms with E-state index in [1.807, 2.05) is 14.1 Å². The number of hydrogen-bond acceptors (Lipinski definition) is 4. The van der Waals surface area contributed by atoms with Crippen LogP contribution < -0.4 is 4.90 Å². The molecule has 1 aromatic rings. The third-order valence-corrected chi connectivity index (χ3v) is 3.12. The molecule has 1 aromatic heterocycles. The van der Waals surface area contributed by atoms with Crippen LogP contribution in [0.25, 0.3) is 0 Å². The molecular weight excluding hydrogens is 241 g/mol. The molecule has 0 unspecified atom stereocenters. The van der Waals surface area contributed by atoms with E-state index in [-0.39, 0.29) is 0 Å². The Hall–Kier alpha value is 0.230. The lowest BCUT2D eigenvalue weighted by atomic mass is 10.8. The molecule has 3 nitrogen and oxygen atoms in total. The fraction of sp³-hybridized carbons (Fsp3) is 0.600. The number of halogens is 3. The summed E-state index contributed by atoms with van der Waals surface area (Å²) in [7, 11) is 3.70. The highest BCUT2D eigenvalue weighted by Gasteiger charge is 2.28. The molecule has 0 aliphatic heterocycles. The molecule has 0 bridgehead atoms. The van der Waals surface area contributed by atoms with E-state index >= 15 is 0 Å². The van der Waals surface area contributed by atoms with E-state index in [1.54, 1.807) is 4.90 Å². The molecule has 0 aliphatic carbocycles. The molecule has 0 amide bonds. The summed E-state index contributed by atoms with van der Waals surface area (Å²) in [6.07, 6.45) is 0. The molecule has 0 saturated heterocycles. The molecule has 0 N–H and O–H groups in total. The minimum Gasteiger partial charge on any atom is -0.353 e. The van der Waals surface area contributed by atoms with Gasteiger partial charge in [0, 0.05) is 14.1 Å². The van der Waals surface area contributed by atoms with Crippen LogP contribution in [-0.4, -0.2) is 24.3 Å². The van der Waals surface area contributed by atoms with Crippen molar-refractivity contribution in [3.05, 3.63) is 5.01 Å². The molecule has 0 saturated carbocycles. The molecule has 7 heteroatoms. The van der Waals surface area contributed by atoms with Gasteiger partial charge in [-0.05, 0) is 0 Å². The minimum absolute atomic E-state index is 0.385. The first kappa shape index (κ1) is 10.3. The first-order valence-corrected chi connectivity index (χ1v) is 4.94. The Morgan fingerprint density at radius 1 is 1.25 bits per heavy atom. The first-order valence-electron chi connectivity index (χ1n) is 2.99. The second kappa shape index (κ2) is 3.54. The number of anilines is 1. The molecular formula is C5H6Cl3N3S. The number of hydrogen-bond donors (Lipinski definition) is 0. The van der Waals surface area contributed by atoms with Crippen molar-refractivity contribution in [1.29, 1.82) is 0 Å². The van der Waals surface area contributed by atoms with Crippen LogP contribution in [0.4, 0.5) is 5.13 Å². The van der Waals surface area contributed by atoms with Crippen LogP contribution in [0.2, 0.25) is 0 Å². The fourth-order valence-corrected chi connectivity index (χ4v) is 1.61. The summed E-state index contributed by atoms with van der Waals surface area (Å²) in [6.45, 7) is 0. The monoisotopic (exact) mass is 245 g/mol. The molecule has 1 heterocycles. The van der Waals surface area contributed by atoms with Gasteiger partial charge in [-0.3, -0.25) is 0 Å². The Kier molecular flexibility index (Phi) is 3.04. The van der Waals surface area contributed by atoms with Crippen LogP contribution in [0.15, 0.2) is 0 Å². The van der Waals surface area contributed by atoms with Crippen molar-refractivity contribution < 1.29 is 0 Å². The smallest absolute Gasteiger partial charge is 0.244 e. The summed E-state index contributed by atoms with van der Waals surface area (Å²) >= 11 is 18.0. The number of aromatic nitrogens is 2. The summed E-state index contributed by atoms with van der Waals surface area (Å²) in [5.74, 6) is 0.